The van der Waals surface area contributed by atoms with Crippen LogP contribution < -0.4 is 0 Å². The van der Waals surface area contributed by atoms with Crippen LogP contribution in [-0.2, 0) is 11.2 Å². The first-order valence-electron chi connectivity index (χ1n) is 7.14. The summed E-state index contributed by atoms with van der Waals surface area (Å²) < 4.78 is 0. The Kier molecular flexibility index (Phi) is 3.51. The molecule has 0 unspecified atom stereocenters. The van der Waals surface area contributed by atoms with Crippen LogP contribution in [0.15, 0.2) is 54.7 Å². The van der Waals surface area contributed by atoms with E-state index in [0.717, 1.165) is 36.0 Å². The average molecular weight is 262 g/mol. The zero-order chi connectivity index (χ0) is 13.9. The zero-order valence-corrected chi connectivity index (χ0v) is 11.6. The predicted octanol–water partition coefficient (Wildman–Crippen LogP) is 4.50. The third-order valence-electron chi connectivity index (χ3n) is 3.96. The SMILES string of the molecule is C=Cc1ccc2c(c1)/C(=C/C1=CC=CCC1)C(=O)CC2. The van der Waals surface area contributed by atoms with Gasteiger partial charge < -0.3 is 0 Å². The van der Waals surface area contributed by atoms with Crippen molar-refractivity contribution in [2.75, 3.05) is 0 Å². The van der Waals surface area contributed by atoms with Crippen molar-refractivity contribution in [1.82, 2.24) is 0 Å². The Balaban J connectivity index is 2.09. The van der Waals surface area contributed by atoms with E-state index >= 15 is 0 Å². The summed E-state index contributed by atoms with van der Waals surface area (Å²) in [6.45, 7) is 3.81. The summed E-state index contributed by atoms with van der Waals surface area (Å²) in [5, 5.41) is 0. The van der Waals surface area contributed by atoms with Crippen LogP contribution in [0.1, 0.15) is 36.0 Å². The molecule has 1 aromatic rings. The van der Waals surface area contributed by atoms with Crippen molar-refractivity contribution in [1.29, 1.82) is 0 Å². The highest BCUT2D eigenvalue weighted by atomic mass is 16.1. The molecule has 0 spiro atoms. The van der Waals surface area contributed by atoms with Crippen LogP contribution in [0.4, 0.5) is 0 Å². The number of fused-ring (bicyclic) bond motifs is 1. The number of allylic oxidation sites excluding steroid dienone is 6. The summed E-state index contributed by atoms with van der Waals surface area (Å²) in [7, 11) is 0. The molecule has 1 nitrogen and oxygen atoms in total. The molecule has 1 heteroatoms. The number of Topliss-reactive ketones (excluding diaryl/α,β-unsaturated/α-hetero) is 1. The molecule has 0 atom stereocenters. The van der Waals surface area contributed by atoms with E-state index in [2.05, 4.69) is 49.1 Å². The third-order valence-corrected chi connectivity index (χ3v) is 3.96. The number of benzene rings is 1. The van der Waals surface area contributed by atoms with Gasteiger partial charge in [-0.1, -0.05) is 43.0 Å². The van der Waals surface area contributed by atoms with Crippen LogP contribution in [0, 0.1) is 0 Å². The molecule has 100 valence electrons. The van der Waals surface area contributed by atoms with Gasteiger partial charge in [0.1, 0.15) is 0 Å². The number of carbonyl (C=O) groups is 1. The topological polar surface area (TPSA) is 17.1 Å². The van der Waals surface area contributed by atoms with Gasteiger partial charge in [0, 0.05) is 12.0 Å². The summed E-state index contributed by atoms with van der Waals surface area (Å²) in [6.07, 6.45) is 13.8. The van der Waals surface area contributed by atoms with Gasteiger partial charge in [-0.05, 0) is 53.7 Å². The molecular formula is C19H18O. The molecule has 0 aliphatic heterocycles. The number of rotatable bonds is 2. The molecule has 0 saturated carbocycles. The minimum Gasteiger partial charge on any atom is -0.294 e. The number of ketones is 1. The Morgan fingerprint density at radius 3 is 2.80 bits per heavy atom. The van der Waals surface area contributed by atoms with E-state index in [1.165, 1.54) is 11.1 Å². The lowest BCUT2D eigenvalue weighted by atomic mass is 9.84. The van der Waals surface area contributed by atoms with Crippen molar-refractivity contribution < 1.29 is 4.79 Å². The van der Waals surface area contributed by atoms with Crippen LogP contribution in [0.5, 0.6) is 0 Å². The first-order valence-corrected chi connectivity index (χ1v) is 7.14. The van der Waals surface area contributed by atoms with E-state index in [1.807, 2.05) is 6.08 Å². The highest BCUT2D eigenvalue weighted by Crippen LogP contribution is 2.31. The van der Waals surface area contributed by atoms with Gasteiger partial charge in [0.15, 0.2) is 5.78 Å². The van der Waals surface area contributed by atoms with Crippen LogP contribution in [0.2, 0.25) is 0 Å². The maximum Gasteiger partial charge on any atom is 0.163 e. The van der Waals surface area contributed by atoms with Crippen molar-refractivity contribution in [2.24, 2.45) is 0 Å². The molecule has 1 aromatic carbocycles. The quantitative estimate of drug-likeness (QED) is 0.717. The molecule has 0 saturated heterocycles. The second kappa shape index (κ2) is 5.46. The van der Waals surface area contributed by atoms with Crippen molar-refractivity contribution in [3.63, 3.8) is 0 Å². The summed E-state index contributed by atoms with van der Waals surface area (Å²) in [4.78, 5) is 12.3. The third kappa shape index (κ3) is 2.44. The van der Waals surface area contributed by atoms with E-state index in [-0.39, 0.29) is 5.78 Å². The Labute approximate surface area is 120 Å². The minimum absolute atomic E-state index is 0.258. The van der Waals surface area contributed by atoms with Crippen LogP contribution in [0.25, 0.3) is 11.6 Å². The molecule has 0 radical (unpaired) electrons. The molecule has 0 amide bonds. The number of hydrogen-bond acceptors (Lipinski definition) is 1. The largest absolute Gasteiger partial charge is 0.294 e. The molecular weight excluding hydrogens is 244 g/mol. The molecule has 0 heterocycles. The van der Waals surface area contributed by atoms with Crippen LogP contribution in [0.3, 0.4) is 0 Å². The standard InChI is InChI=1S/C19H18O/c1-2-14-8-9-16-10-11-19(20)18(17(16)12-14)13-15-6-4-3-5-7-15/h2-4,6,8-9,12-13H,1,5,7,10-11H2/b18-13-. The smallest absolute Gasteiger partial charge is 0.163 e. The fourth-order valence-electron chi connectivity index (χ4n) is 2.81. The molecule has 2 aliphatic carbocycles. The summed E-state index contributed by atoms with van der Waals surface area (Å²) in [5.74, 6) is 0.258. The number of hydrogen-bond donors (Lipinski definition) is 0. The molecule has 0 bridgehead atoms. The molecule has 0 N–H and O–H groups in total. The van der Waals surface area contributed by atoms with Gasteiger partial charge in [-0.15, -0.1) is 0 Å². The maximum atomic E-state index is 12.3. The summed E-state index contributed by atoms with van der Waals surface area (Å²) >= 11 is 0. The monoisotopic (exact) mass is 262 g/mol. The second-order valence-electron chi connectivity index (χ2n) is 5.31. The molecule has 3 rings (SSSR count). The second-order valence-corrected chi connectivity index (χ2v) is 5.31. The van der Waals surface area contributed by atoms with E-state index in [0.29, 0.717) is 6.42 Å². The van der Waals surface area contributed by atoms with E-state index in [9.17, 15) is 4.79 Å². The van der Waals surface area contributed by atoms with E-state index < -0.39 is 0 Å². The lowest BCUT2D eigenvalue weighted by Crippen LogP contribution is -2.13. The Hall–Kier alpha value is -2.15. The normalized spacial score (nSPS) is 19.7. The van der Waals surface area contributed by atoms with Gasteiger partial charge in [0.25, 0.3) is 0 Å². The van der Waals surface area contributed by atoms with Crippen LogP contribution in [-0.4, -0.2) is 5.78 Å². The van der Waals surface area contributed by atoms with Crippen LogP contribution >= 0.6 is 0 Å². The Bertz CT molecular complexity index is 656. The van der Waals surface area contributed by atoms with Crippen molar-refractivity contribution in [2.45, 2.75) is 25.7 Å². The summed E-state index contributed by atoms with van der Waals surface area (Å²) in [6, 6.07) is 6.29. The van der Waals surface area contributed by atoms with Gasteiger partial charge in [-0.25, -0.2) is 0 Å². The van der Waals surface area contributed by atoms with Crippen molar-refractivity contribution >= 4 is 17.4 Å². The van der Waals surface area contributed by atoms with Crippen molar-refractivity contribution in [3.05, 3.63) is 71.3 Å². The van der Waals surface area contributed by atoms with E-state index in [4.69, 9.17) is 0 Å². The molecule has 0 aromatic heterocycles. The highest BCUT2D eigenvalue weighted by molar-refractivity contribution is 6.22. The Morgan fingerprint density at radius 1 is 1.15 bits per heavy atom. The fourth-order valence-corrected chi connectivity index (χ4v) is 2.81. The van der Waals surface area contributed by atoms with Gasteiger partial charge >= 0.3 is 0 Å². The lowest BCUT2D eigenvalue weighted by molar-refractivity contribution is -0.113. The first kappa shape index (κ1) is 12.9. The molecule has 0 fully saturated rings. The highest BCUT2D eigenvalue weighted by Gasteiger charge is 2.21. The first-order chi connectivity index (χ1) is 9.78. The number of carbonyl (C=O) groups excluding carboxylic acids is 1. The lowest BCUT2D eigenvalue weighted by Gasteiger charge is -2.19. The van der Waals surface area contributed by atoms with Gasteiger partial charge in [-0.3, -0.25) is 4.79 Å². The zero-order valence-electron chi connectivity index (χ0n) is 11.6. The fraction of sp³-hybridized carbons (Fsp3) is 0.211. The predicted molar refractivity (Wildman–Crippen MR) is 84.3 cm³/mol. The van der Waals surface area contributed by atoms with Crippen molar-refractivity contribution in [3.8, 4) is 0 Å². The Morgan fingerprint density at radius 2 is 2.05 bits per heavy atom. The average Bonchev–Trinajstić information content (AvgIpc) is 2.51. The van der Waals surface area contributed by atoms with E-state index in [1.54, 1.807) is 0 Å². The summed E-state index contributed by atoms with van der Waals surface area (Å²) in [5.41, 5.74) is 5.55. The van der Waals surface area contributed by atoms with Gasteiger partial charge in [0.2, 0.25) is 0 Å². The molecule has 2 aliphatic rings. The minimum atomic E-state index is 0.258. The molecule has 20 heavy (non-hydrogen) atoms. The maximum absolute atomic E-state index is 12.3. The van der Waals surface area contributed by atoms with Gasteiger partial charge in [0.05, 0.1) is 0 Å². The number of aryl methyl sites for hydroxylation is 1. The van der Waals surface area contributed by atoms with Gasteiger partial charge in [-0.2, -0.15) is 0 Å².